The van der Waals surface area contributed by atoms with Crippen molar-refractivity contribution in [3.63, 3.8) is 0 Å². The smallest absolute Gasteiger partial charge is 0.410 e. The number of carbonyl (C=O) groups is 1. The third-order valence-electron chi connectivity index (χ3n) is 3.29. The van der Waals surface area contributed by atoms with Gasteiger partial charge in [0.25, 0.3) is 0 Å². The van der Waals surface area contributed by atoms with E-state index in [-0.39, 0.29) is 6.09 Å². The Hall–Kier alpha value is -1.56. The molecule has 5 nitrogen and oxygen atoms in total. The molecule has 1 aromatic carbocycles. The van der Waals surface area contributed by atoms with Crippen LogP contribution in [-0.4, -0.2) is 49.0 Å². The first-order chi connectivity index (χ1) is 10.4. The summed E-state index contributed by atoms with van der Waals surface area (Å²) in [5, 5.41) is 0. The Morgan fingerprint density at radius 3 is 2.45 bits per heavy atom. The molecule has 6 heteroatoms. The van der Waals surface area contributed by atoms with Crippen LogP contribution in [0.15, 0.2) is 24.3 Å². The van der Waals surface area contributed by atoms with Crippen molar-refractivity contribution in [3.8, 4) is 5.75 Å². The zero-order valence-electron chi connectivity index (χ0n) is 13.7. The van der Waals surface area contributed by atoms with E-state index in [4.69, 9.17) is 8.92 Å². The lowest BCUT2D eigenvalue weighted by Gasteiger charge is -2.36. The second-order valence-corrected chi connectivity index (χ2v) is 6.70. The molecular weight excluding hydrogens is 300 g/mol. The van der Waals surface area contributed by atoms with Crippen LogP contribution in [0, 0.1) is 0 Å². The normalized spacial score (nSPS) is 15.6. The molecule has 0 unspecified atom stereocenters. The van der Waals surface area contributed by atoms with Crippen LogP contribution in [0.3, 0.4) is 0 Å². The number of amides is 1. The Labute approximate surface area is 136 Å². The Balaban J connectivity index is 1.92. The lowest BCUT2D eigenvalue weighted by atomic mass is 10.2. The molecule has 122 valence electrons. The van der Waals surface area contributed by atoms with Gasteiger partial charge in [0, 0.05) is 44.2 Å². The van der Waals surface area contributed by atoms with Crippen LogP contribution in [-0.2, 0) is 4.74 Å². The number of anilines is 1. The molecule has 1 fully saturated rings. The summed E-state index contributed by atoms with van der Waals surface area (Å²) >= 11 is 1.33. The molecule has 1 aliphatic rings. The lowest BCUT2D eigenvalue weighted by molar-refractivity contribution is 0.0240. The van der Waals surface area contributed by atoms with Gasteiger partial charge in [-0.2, -0.15) is 0 Å². The van der Waals surface area contributed by atoms with Gasteiger partial charge in [-0.3, -0.25) is 0 Å². The summed E-state index contributed by atoms with van der Waals surface area (Å²) in [5.41, 5.74) is 0.674. The van der Waals surface area contributed by atoms with Crippen LogP contribution in [0.2, 0.25) is 0 Å². The van der Waals surface area contributed by atoms with Crippen LogP contribution in [0.1, 0.15) is 20.8 Å². The van der Waals surface area contributed by atoms with Crippen molar-refractivity contribution in [2.45, 2.75) is 26.4 Å². The molecule has 2 rings (SSSR count). The largest absolute Gasteiger partial charge is 0.444 e. The fourth-order valence-corrected chi connectivity index (χ4v) is 2.60. The van der Waals surface area contributed by atoms with E-state index in [0.717, 1.165) is 24.5 Å². The highest BCUT2D eigenvalue weighted by molar-refractivity contribution is 7.94. The molecule has 1 heterocycles. The van der Waals surface area contributed by atoms with Crippen LogP contribution in [0.5, 0.6) is 5.75 Å². The van der Waals surface area contributed by atoms with E-state index >= 15 is 0 Å². The summed E-state index contributed by atoms with van der Waals surface area (Å²) < 4.78 is 10.9. The van der Waals surface area contributed by atoms with E-state index < -0.39 is 5.60 Å². The molecule has 0 atom stereocenters. The maximum absolute atomic E-state index is 12.1. The van der Waals surface area contributed by atoms with Gasteiger partial charge < -0.3 is 18.7 Å². The number of hydrogen-bond donors (Lipinski definition) is 0. The van der Waals surface area contributed by atoms with E-state index in [1.807, 2.05) is 45.2 Å². The average Bonchev–Trinajstić information content (AvgIpc) is 2.46. The number of piperazine rings is 1. The minimum absolute atomic E-state index is 0.230. The molecule has 1 saturated heterocycles. The van der Waals surface area contributed by atoms with E-state index in [0.29, 0.717) is 13.1 Å². The maximum Gasteiger partial charge on any atom is 0.410 e. The topological polar surface area (TPSA) is 42.0 Å². The van der Waals surface area contributed by atoms with E-state index in [1.54, 1.807) is 4.90 Å². The van der Waals surface area contributed by atoms with Crippen molar-refractivity contribution < 1.29 is 13.7 Å². The number of hydrogen-bond acceptors (Lipinski definition) is 5. The number of carbonyl (C=O) groups excluding carboxylic acids is 1. The number of rotatable bonds is 3. The molecule has 0 saturated carbocycles. The van der Waals surface area contributed by atoms with E-state index in [9.17, 15) is 4.79 Å². The fraction of sp³-hybridized carbons (Fsp3) is 0.562. The molecule has 1 aliphatic heterocycles. The van der Waals surface area contributed by atoms with Crippen molar-refractivity contribution in [1.82, 2.24) is 4.90 Å². The standard InChI is InChI=1S/C16H24N2O3S/c1-16(2,3)20-15(19)18-10-8-17(9-11-18)13-6-5-7-14(12-13)21-22-4/h5-7,12H,8-11H2,1-4H3. The second kappa shape index (κ2) is 7.13. The quantitative estimate of drug-likeness (QED) is 0.797. The number of benzene rings is 1. The first-order valence-corrected chi connectivity index (χ1v) is 8.57. The molecule has 0 bridgehead atoms. The third-order valence-corrected chi connectivity index (χ3v) is 3.65. The molecule has 0 radical (unpaired) electrons. The molecule has 0 aromatic heterocycles. The van der Waals surface area contributed by atoms with Crippen LogP contribution in [0.4, 0.5) is 10.5 Å². The highest BCUT2D eigenvalue weighted by atomic mass is 32.2. The third kappa shape index (κ3) is 4.73. The Bertz CT molecular complexity index is 508. The molecule has 1 amide bonds. The van der Waals surface area contributed by atoms with Gasteiger partial charge in [-0.05, 0) is 32.9 Å². The maximum atomic E-state index is 12.1. The van der Waals surface area contributed by atoms with Crippen LogP contribution < -0.4 is 9.08 Å². The van der Waals surface area contributed by atoms with Crippen LogP contribution in [0.25, 0.3) is 0 Å². The van der Waals surface area contributed by atoms with Crippen molar-refractivity contribution in [2.75, 3.05) is 37.3 Å². The first-order valence-electron chi connectivity index (χ1n) is 7.42. The Morgan fingerprint density at radius 2 is 1.86 bits per heavy atom. The van der Waals surface area contributed by atoms with E-state index in [1.165, 1.54) is 12.0 Å². The van der Waals surface area contributed by atoms with Gasteiger partial charge in [-0.15, -0.1) is 0 Å². The molecule has 0 spiro atoms. The van der Waals surface area contributed by atoms with Crippen molar-refractivity contribution in [3.05, 3.63) is 24.3 Å². The molecule has 1 aromatic rings. The first kappa shape index (κ1) is 16.8. The number of nitrogens with zero attached hydrogens (tertiary/aromatic N) is 2. The zero-order valence-corrected chi connectivity index (χ0v) is 14.5. The fourth-order valence-electron chi connectivity index (χ4n) is 2.30. The summed E-state index contributed by atoms with van der Waals surface area (Å²) in [7, 11) is 0. The summed E-state index contributed by atoms with van der Waals surface area (Å²) in [6.45, 7) is 8.59. The van der Waals surface area contributed by atoms with Gasteiger partial charge >= 0.3 is 6.09 Å². The van der Waals surface area contributed by atoms with Crippen molar-refractivity contribution in [1.29, 1.82) is 0 Å². The summed E-state index contributed by atoms with van der Waals surface area (Å²) in [4.78, 5) is 16.1. The minimum atomic E-state index is -0.447. The zero-order chi connectivity index (χ0) is 16.2. The Kier molecular flexibility index (Phi) is 5.45. The monoisotopic (exact) mass is 324 g/mol. The minimum Gasteiger partial charge on any atom is -0.444 e. The summed E-state index contributed by atoms with van der Waals surface area (Å²) in [6.07, 6.45) is 1.67. The highest BCUT2D eigenvalue weighted by Gasteiger charge is 2.25. The predicted molar refractivity (Wildman–Crippen MR) is 90.6 cm³/mol. The highest BCUT2D eigenvalue weighted by Crippen LogP contribution is 2.24. The van der Waals surface area contributed by atoms with Gasteiger partial charge in [0.1, 0.15) is 11.4 Å². The van der Waals surface area contributed by atoms with Gasteiger partial charge in [0.15, 0.2) is 0 Å². The summed E-state index contributed by atoms with van der Waals surface area (Å²) in [6, 6.07) is 8.02. The van der Waals surface area contributed by atoms with Crippen molar-refractivity contribution >= 4 is 23.8 Å². The second-order valence-electron chi connectivity index (χ2n) is 6.20. The van der Waals surface area contributed by atoms with Gasteiger partial charge in [-0.25, -0.2) is 4.79 Å². The lowest BCUT2D eigenvalue weighted by Crippen LogP contribution is -2.50. The van der Waals surface area contributed by atoms with Gasteiger partial charge in [0.2, 0.25) is 0 Å². The SMILES string of the molecule is CSOc1cccc(N2CCN(C(=O)OC(C)(C)C)CC2)c1. The molecule has 22 heavy (non-hydrogen) atoms. The predicted octanol–water partition coefficient (Wildman–Crippen LogP) is 3.40. The molecule has 0 N–H and O–H groups in total. The van der Waals surface area contributed by atoms with Gasteiger partial charge in [0.05, 0.1) is 12.0 Å². The van der Waals surface area contributed by atoms with Crippen LogP contribution >= 0.6 is 12.0 Å². The average molecular weight is 324 g/mol. The Morgan fingerprint density at radius 1 is 1.18 bits per heavy atom. The van der Waals surface area contributed by atoms with E-state index in [2.05, 4.69) is 11.0 Å². The molecule has 0 aliphatic carbocycles. The number of ether oxygens (including phenoxy) is 1. The summed E-state index contributed by atoms with van der Waals surface area (Å²) in [5.74, 6) is 0.847. The van der Waals surface area contributed by atoms with Gasteiger partial charge in [-0.1, -0.05) is 6.07 Å². The van der Waals surface area contributed by atoms with Crippen molar-refractivity contribution in [2.24, 2.45) is 0 Å². The molecular formula is C16H24N2O3S.